The molecule has 0 aromatic heterocycles. The summed E-state index contributed by atoms with van der Waals surface area (Å²) in [4.78, 5) is 29.1. The Morgan fingerprint density at radius 2 is 1.88 bits per heavy atom. The summed E-state index contributed by atoms with van der Waals surface area (Å²) in [7, 11) is 0. The van der Waals surface area contributed by atoms with Gasteiger partial charge in [0.1, 0.15) is 0 Å². The third-order valence-electron chi connectivity index (χ3n) is 5.48. The molecule has 0 bridgehead atoms. The van der Waals surface area contributed by atoms with E-state index in [1.54, 1.807) is 0 Å². The van der Waals surface area contributed by atoms with Crippen LogP contribution < -0.4 is 15.8 Å². The van der Waals surface area contributed by atoms with E-state index >= 15 is 0 Å². The third-order valence-corrected chi connectivity index (χ3v) is 5.48. The summed E-state index contributed by atoms with van der Waals surface area (Å²) < 4.78 is 0. The number of anilines is 1. The van der Waals surface area contributed by atoms with Gasteiger partial charge in [0.25, 0.3) is 11.8 Å². The molecular weight excluding hydrogens is 316 g/mol. The van der Waals surface area contributed by atoms with Gasteiger partial charge in [0.15, 0.2) is 0 Å². The topological polar surface area (TPSA) is 64.7 Å². The van der Waals surface area contributed by atoms with Crippen molar-refractivity contribution in [3.8, 4) is 0 Å². The van der Waals surface area contributed by atoms with Crippen LogP contribution in [0, 0.1) is 0 Å². The van der Waals surface area contributed by atoms with Gasteiger partial charge >= 0.3 is 0 Å². The van der Waals surface area contributed by atoms with E-state index in [-0.39, 0.29) is 24.4 Å². The van der Waals surface area contributed by atoms with Crippen LogP contribution in [-0.2, 0) is 16.0 Å². The van der Waals surface area contributed by atoms with Crippen LogP contribution in [0.3, 0.4) is 0 Å². The molecule has 0 unspecified atom stereocenters. The van der Waals surface area contributed by atoms with Gasteiger partial charge in [-0.25, -0.2) is 0 Å². The van der Waals surface area contributed by atoms with E-state index in [9.17, 15) is 9.59 Å². The number of nitrogens with one attached hydrogen (secondary N) is 2. The fraction of sp³-hybridized carbons (Fsp3) is 0.579. The number of hydrogen-bond acceptors (Lipinski definition) is 4. The van der Waals surface area contributed by atoms with Gasteiger partial charge in [0.2, 0.25) is 0 Å². The Labute approximate surface area is 148 Å². The number of fused-ring (bicyclic) bond motifs is 1. The van der Waals surface area contributed by atoms with Crippen molar-refractivity contribution in [3.05, 3.63) is 29.8 Å². The highest BCUT2D eigenvalue weighted by atomic mass is 16.2. The molecule has 2 N–H and O–H groups in total. The lowest BCUT2D eigenvalue weighted by Crippen LogP contribution is -2.52. The Bertz CT molecular complexity index is 659. The molecule has 2 aliphatic heterocycles. The summed E-state index contributed by atoms with van der Waals surface area (Å²) in [6.07, 6.45) is 6.46. The summed E-state index contributed by atoms with van der Waals surface area (Å²) in [5.74, 6) is -0.238. The maximum atomic E-state index is 12.4. The highest BCUT2D eigenvalue weighted by Crippen LogP contribution is 2.33. The molecule has 6 heteroatoms. The average molecular weight is 342 g/mol. The van der Waals surface area contributed by atoms with Crippen LogP contribution in [0.4, 0.5) is 5.69 Å². The number of hydrazine groups is 1. The normalized spacial score (nSPS) is 23.2. The minimum Gasteiger partial charge on any atom is -0.362 e. The second-order valence-electron chi connectivity index (χ2n) is 7.32. The summed E-state index contributed by atoms with van der Waals surface area (Å²) in [5, 5.41) is 0. The van der Waals surface area contributed by atoms with E-state index in [1.807, 2.05) is 12.1 Å². The van der Waals surface area contributed by atoms with Crippen molar-refractivity contribution in [2.45, 2.75) is 50.6 Å². The first-order chi connectivity index (χ1) is 12.2. The number of aryl methyl sites for hydroxylation is 1. The van der Waals surface area contributed by atoms with E-state index in [4.69, 9.17) is 0 Å². The lowest BCUT2D eigenvalue weighted by atomic mass is 10.0. The third kappa shape index (κ3) is 3.63. The molecule has 1 aliphatic carbocycles. The lowest BCUT2D eigenvalue weighted by Gasteiger charge is -2.30. The molecule has 1 aromatic rings. The molecule has 0 radical (unpaired) electrons. The van der Waals surface area contributed by atoms with Crippen molar-refractivity contribution >= 4 is 17.5 Å². The molecule has 1 aromatic carbocycles. The Balaban J connectivity index is 1.29. The zero-order valence-electron chi connectivity index (χ0n) is 14.5. The first kappa shape index (κ1) is 16.4. The molecule has 2 amide bonds. The van der Waals surface area contributed by atoms with Crippen LogP contribution in [0.15, 0.2) is 24.3 Å². The second kappa shape index (κ2) is 7.04. The number of likely N-dealkylation sites (tertiary alicyclic amines) is 1. The summed E-state index contributed by atoms with van der Waals surface area (Å²) in [6.45, 7) is 2.14. The standard InChI is InChI=1S/C19H26N4O2/c24-18(13-22-11-3-6-14-5-1-2-7-16(14)22)20-21-19(25)17-8-4-12-23(17)15-9-10-15/h1-2,5,7,15,17H,3-4,6,8-13H2,(H,20,24)(H,21,25)/t17-/m1/s1. The number of hydrogen-bond donors (Lipinski definition) is 2. The number of rotatable bonds is 4. The lowest BCUT2D eigenvalue weighted by molar-refractivity contribution is -0.131. The molecule has 25 heavy (non-hydrogen) atoms. The number of carbonyl (C=O) groups is 2. The van der Waals surface area contributed by atoms with Gasteiger partial charge in [-0.1, -0.05) is 18.2 Å². The second-order valence-corrected chi connectivity index (χ2v) is 7.32. The van der Waals surface area contributed by atoms with E-state index < -0.39 is 0 Å². The fourth-order valence-electron chi connectivity index (χ4n) is 4.12. The monoisotopic (exact) mass is 342 g/mol. The maximum Gasteiger partial charge on any atom is 0.257 e. The zero-order valence-corrected chi connectivity index (χ0v) is 14.5. The molecule has 0 spiro atoms. The van der Waals surface area contributed by atoms with Crippen molar-refractivity contribution in [1.29, 1.82) is 0 Å². The predicted octanol–water partition coefficient (Wildman–Crippen LogP) is 1.21. The van der Waals surface area contributed by atoms with Crippen LogP contribution in [0.25, 0.3) is 0 Å². The van der Waals surface area contributed by atoms with Gasteiger partial charge < -0.3 is 4.90 Å². The van der Waals surface area contributed by atoms with E-state index in [0.29, 0.717) is 6.04 Å². The van der Waals surface area contributed by atoms with Gasteiger partial charge in [-0.2, -0.15) is 0 Å². The highest BCUT2D eigenvalue weighted by Gasteiger charge is 2.40. The number of benzene rings is 1. The van der Waals surface area contributed by atoms with Crippen LogP contribution in [0.2, 0.25) is 0 Å². The van der Waals surface area contributed by atoms with Crippen LogP contribution >= 0.6 is 0 Å². The first-order valence-corrected chi connectivity index (χ1v) is 9.39. The maximum absolute atomic E-state index is 12.4. The number of para-hydroxylation sites is 1. The summed E-state index contributed by atoms with van der Waals surface area (Å²) in [6, 6.07) is 8.72. The molecule has 1 atom stereocenters. The molecular formula is C19H26N4O2. The minimum absolute atomic E-state index is 0.0724. The van der Waals surface area contributed by atoms with Gasteiger partial charge in [-0.05, 0) is 56.7 Å². The smallest absolute Gasteiger partial charge is 0.257 e. The van der Waals surface area contributed by atoms with Crippen LogP contribution in [0.5, 0.6) is 0 Å². The van der Waals surface area contributed by atoms with Crippen molar-refractivity contribution in [2.24, 2.45) is 0 Å². The molecule has 1 saturated carbocycles. The van der Waals surface area contributed by atoms with Crippen molar-refractivity contribution in [3.63, 3.8) is 0 Å². The average Bonchev–Trinajstić information content (AvgIpc) is 3.36. The fourth-order valence-corrected chi connectivity index (χ4v) is 4.12. The highest BCUT2D eigenvalue weighted by molar-refractivity contribution is 5.87. The molecule has 2 heterocycles. The van der Waals surface area contributed by atoms with E-state index in [1.165, 1.54) is 18.4 Å². The van der Waals surface area contributed by atoms with Gasteiger partial charge in [0.05, 0.1) is 12.6 Å². The van der Waals surface area contributed by atoms with Crippen molar-refractivity contribution in [1.82, 2.24) is 15.8 Å². The van der Waals surface area contributed by atoms with E-state index in [0.717, 1.165) is 44.5 Å². The molecule has 4 rings (SSSR count). The van der Waals surface area contributed by atoms with Crippen LogP contribution in [-0.4, -0.2) is 48.4 Å². The van der Waals surface area contributed by atoms with Crippen LogP contribution in [0.1, 0.15) is 37.7 Å². The Morgan fingerprint density at radius 1 is 1.04 bits per heavy atom. The number of amides is 2. The molecule has 2 fully saturated rings. The largest absolute Gasteiger partial charge is 0.362 e. The Morgan fingerprint density at radius 3 is 2.72 bits per heavy atom. The number of nitrogens with zero attached hydrogens (tertiary/aromatic N) is 2. The number of carbonyl (C=O) groups excluding carboxylic acids is 2. The summed E-state index contributed by atoms with van der Waals surface area (Å²) >= 11 is 0. The Hall–Kier alpha value is -2.08. The quantitative estimate of drug-likeness (QED) is 0.808. The van der Waals surface area contributed by atoms with E-state index in [2.05, 4.69) is 32.8 Å². The van der Waals surface area contributed by atoms with Gasteiger partial charge in [-0.15, -0.1) is 0 Å². The predicted molar refractivity (Wildman–Crippen MR) is 96.0 cm³/mol. The van der Waals surface area contributed by atoms with Gasteiger partial charge in [-0.3, -0.25) is 25.3 Å². The minimum atomic E-state index is -0.166. The molecule has 1 saturated heterocycles. The van der Waals surface area contributed by atoms with Gasteiger partial charge in [0, 0.05) is 18.3 Å². The first-order valence-electron chi connectivity index (χ1n) is 9.39. The zero-order chi connectivity index (χ0) is 17.2. The molecule has 3 aliphatic rings. The Kier molecular flexibility index (Phi) is 4.61. The summed E-state index contributed by atoms with van der Waals surface area (Å²) in [5.41, 5.74) is 7.67. The van der Waals surface area contributed by atoms with Crippen molar-refractivity contribution < 1.29 is 9.59 Å². The SMILES string of the molecule is O=C(CN1CCCc2ccccc21)NNC(=O)[C@H]1CCCN1C1CC1. The molecule has 6 nitrogen and oxygen atoms in total. The van der Waals surface area contributed by atoms with Crippen molar-refractivity contribution in [2.75, 3.05) is 24.5 Å². The molecule has 134 valence electrons.